The Morgan fingerprint density at radius 2 is 1.81 bits per heavy atom. The van der Waals surface area contributed by atoms with Crippen LogP contribution in [0.3, 0.4) is 0 Å². The second-order valence-corrected chi connectivity index (χ2v) is 5.98. The van der Waals surface area contributed by atoms with E-state index in [1.807, 2.05) is 4.90 Å². The van der Waals surface area contributed by atoms with Gasteiger partial charge in [0.15, 0.2) is 5.82 Å². The molecule has 0 saturated carbocycles. The average molecular weight is 293 g/mol. The van der Waals surface area contributed by atoms with Crippen molar-refractivity contribution in [3.63, 3.8) is 0 Å². The highest BCUT2D eigenvalue weighted by Gasteiger charge is 2.25. The highest BCUT2D eigenvalue weighted by molar-refractivity contribution is 5.78. The molecular weight excluding hydrogens is 270 g/mol. The van der Waals surface area contributed by atoms with Crippen LogP contribution in [0, 0.1) is 0 Å². The van der Waals surface area contributed by atoms with Crippen LogP contribution >= 0.6 is 0 Å². The van der Waals surface area contributed by atoms with Crippen molar-refractivity contribution in [2.24, 2.45) is 7.05 Å². The maximum absolute atomic E-state index is 12.4. The molecule has 2 aliphatic rings. The second kappa shape index (κ2) is 6.01. The molecule has 0 atom stereocenters. The Morgan fingerprint density at radius 1 is 1.10 bits per heavy atom. The van der Waals surface area contributed by atoms with Gasteiger partial charge < -0.3 is 4.90 Å². The third kappa shape index (κ3) is 3.02. The number of aryl methyl sites for hydroxylation is 1. The van der Waals surface area contributed by atoms with Crippen LogP contribution in [0.25, 0.3) is 0 Å². The first-order valence-electron chi connectivity index (χ1n) is 7.78. The largest absolute Gasteiger partial charge is 0.345 e. The Bertz CT molecular complexity index is 568. The summed E-state index contributed by atoms with van der Waals surface area (Å²) >= 11 is 0. The van der Waals surface area contributed by atoms with Gasteiger partial charge in [-0.15, -0.1) is 0 Å². The van der Waals surface area contributed by atoms with Crippen molar-refractivity contribution in [1.29, 1.82) is 0 Å². The molecule has 1 aromatic heterocycles. The summed E-state index contributed by atoms with van der Waals surface area (Å²) in [6.45, 7) is 4.14. The number of fused-ring (bicyclic) bond motifs is 1. The van der Waals surface area contributed by atoms with Crippen molar-refractivity contribution in [1.82, 2.24) is 24.1 Å². The van der Waals surface area contributed by atoms with Crippen LogP contribution < -0.4 is 5.69 Å². The summed E-state index contributed by atoms with van der Waals surface area (Å²) in [5.74, 6) is 0.846. The van der Waals surface area contributed by atoms with Gasteiger partial charge in [-0.3, -0.25) is 14.3 Å². The highest BCUT2D eigenvalue weighted by Crippen LogP contribution is 2.12. The van der Waals surface area contributed by atoms with Crippen LogP contribution in [0.1, 0.15) is 31.5 Å². The van der Waals surface area contributed by atoms with Crippen LogP contribution in [-0.4, -0.2) is 56.2 Å². The lowest BCUT2D eigenvalue weighted by Gasteiger charge is -2.29. The standard InChI is InChI=1S/C14H23N5O2/c1-16-14(21)19-9-8-18(10-12(19)15-16)13(20)11-17-6-4-2-3-5-7-17/h2-11H2,1H3. The zero-order chi connectivity index (χ0) is 14.8. The molecule has 1 aromatic rings. The maximum Gasteiger partial charge on any atom is 0.345 e. The van der Waals surface area contributed by atoms with Gasteiger partial charge in [0.1, 0.15) is 0 Å². The van der Waals surface area contributed by atoms with Gasteiger partial charge in [-0.25, -0.2) is 9.48 Å². The normalized spacial score (nSPS) is 20.1. The fraction of sp³-hybridized carbons (Fsp3) is 0.786. The SMILES string of the molecule is Cn1nc2n(c1=O)CCN(C(=O)CN1CCCCCC1)C2. The predicted octanol–water partition coefficient (Wildman–Crippen LogP) is -0.200. The van der Waals surface area contributed by atoms with E-state index in [-0.39, 0.29) is 11.6 Å². The Balaban J connectivity index is 1.62. The van der Waals surface area contributed by atoms with E-state index in [1.54, 1.807) is 11.6 Å². The van der Waals surface area contributed by atoms with Crippen molar-refractivity contribution < 1.29 is 4.79 Å². The van der Waals surface area contributed by atoms with Gasteiger partial charge in [0.2, 0.25) is 5.91 Å². The molecule has 1 fully saturated rings. The predicted molar refractivity (Wildman–Crippen MR) is 77.8 cm³/mol. The molecule has 0 bridgehead atoms. The average Bonchev–Trinajstić information content (AvgIpc) is 2.67. The molecule has 3 rings (SSSR count). The lowest BCUT2D eigenvalue weighted by atomic mass is 10.2. The van der Waals surface area contributed by atoms with Gasteiger partial charge in [-0.1, -0.05) is 12.8 Å². The van der Waals surface area contributed by atoms with Gasteiger partial charge in [-0.05, 0) is 25.9 Å². The molecule has 7 heteroatoms. The van der Waals surface area contributed by atoms with Crippen molar-refractivity contribution in [2.75, 3.05) is 26.2 Å². The molecule has 2 aliphatic heterocycles. The molecule has 0 radical (unpaired) electrons. The number of rotatable bonds is 2. The van der Waals surface area contributed by atoms with E-state index < -0.39 is 0 Å². The third-order valence-corrected chi connectivity index (χ3v) is 4.42. The zero-order valence-electron chi connectivity index (χ0n) is 12.6. The minimum atomic E-state index is -0.0929. The van der Waals surface area contributed by atoms with Gasteiger partial charge in [-0.2, -0.15) is 5.10 Å². The first kappa shape index (κ1) is 14.3. The Hall–Kier alpha value is -1.63. The molecule has 0 N–H and O–H groups in total. The minimum absolute atomic E-state index is 0.0929. The van der Waals surface area contributed by atoms with Gasteiger partial charge in [0.25, 0.3) is 0 Å². The number of amides is 1. The zero-order valence-corrected chi connectivity index (χ0v) is 12.6. The molecular formula is C14H23N5O2. The summed E-state index contributed by atoms with van der Waals surface area (Å²) in [4.78, 5) is 28.3. The van der Waals surface area contributed by atoms with Crippen LogP contribution in [-0.2, 0) is 24.9 Å². The first-order chi connectivity index (χ1) is 10.1. The molecule has 7 nitrogen and oxygen atoms in total. The molecule has 0 spiro atoms. The van der Waals surface area contributed by atoms with E-state index in [1.165, 1.54) is 30.4 Å². The molecule has 1 amide bonds. The second-order valence-electron chi connectivity index (χ2n) is 5.98. The number of hydrogen-bond acceptors (Lipinski definition) is 4. The molecule has 0 unspecified atom stereocenters. The van der Waals surface area contributed by atoms with Crippen LogP contribution in [0.15, 0.2) is 4.79 Å². The number of hydrogen-bond donors (Lipinski definition) is 0. The summed E-state index contributed by atoms with van der Waals surface area (Å²) in [6, 6.07) is 0. The van der Waals surface area contributed by atoms with Crippen molar-refractivity contribution >= 4 is 5.91 Å². The Kier molecular flexibility index (Phi) is 4.10. The molecule has 116 valence electrons. The van der Waals surface area contributed by atoms with Crippen molar-refractivity contribution in [2.45, 2.75) is 38.8 Å². The maximum atomic E-state index is 12.4. The quantitative estimate of drug-likeness (QED) is 0.757. The molecule has 3 heterocycles. The summed E-state index contributed by atoms with van der Waals surface area (Å²) in [7, 11) is 1.65. The number of nitrogens with zero attached hydrogens (tertiary/aromatic N) is 5. The smallest absolute Gasteiger partial charge is 0.332 e. The fourth-order valence-electron chi connectivity index (χ4n) is 3.17. The van der Waals surface area contributed by atoms with Gasteiger partial charge in [0.05, 0.1) is 13.1 Å². The van der Waals surface area contributed by atoms with E-state index in [4.69, 9.17) is 0 Å². The number of carbonyl (C=O) groups excluding carboxylic acids is 1. The van der Waals surface area contributed by atoms with Crippen molar-refractivity contribution in [3.8, 4) is 0 Å². The Labute approximate surface area is 124 Å². The summed E-state index contributed by atoms with van der Waals surface area (Å²) in [5.41, 5.74) is -0.0929. The van der Waals surface area contributed by atoms with Crippen LogP contribution in [0.5, 0.6) is 0 Å². The van der Waals surface area contributed by atoms with Crippen LogP contribution in [0.4, 0.5) is 0 Å². The van der Waals surface area contributed by atoms with E-state index in [2.05, 4.69) is 10.00 Å². The molecule has 0 aromatic carbocycles. The van der Waals surface area contributed by atoms with Crippen LogP contribution in [0.2, 0.25) is 0 Å². The monoisotopic (exact) mass is 293 g/mol. The molecule has 1 saturated heterocycles. The van der Waals surface area contributed by atoms with E-state index in [0.717, 1.165) is 13.1 Å². The Morgan fingerprint density at radius 3 is 2.52 bits per heavy atom. The number of likely N-dealkylation sites (tertiary alicyclic amines) is 1. The summed E-state index contributed by atoms with van der Waals surface area (Å²) in [6.07, 6.45) is 4.92. The van der Waals surface area contributed by atoms with Crippen molar-refractivity contribution in [3.05, 3.63) is 16.3 Å². The molecule has 21 heavy (non-hydrogen) atoms. The van der Waals surface area contributed by atoms with E-state index >= 15 is 0 Å². The minimum Gasteiger partial charge on any atom is -0.332 e. The lowest BCUT2D eigenvalue weighted by molar-refractivity contribution is -0.134. The number of aromatic nitrogens is 3. The summed E-state index contributed by atoms with van der Waals surface area (Å²) < 4.78 is 3.01. The highest BCUT2D eigenvalue weighted by atomic mass is 16.2. The fourth-order valence-corrected chi connectivity index (χ4v) is 3.17. The van der Waals surface area contributed by atoms with E-state index in [9.17, 15) is 9.59 Å². The lowest BCUT2D eigenvalue weighted by Crippen LogP contribution is -2.45. The van der Waals surface area contributed by atoms with E-state index in [0.29, 0.717) is 32.0 Å². The van der Waals surface area contributed by atoms with Gasteiger partial charge in [0, 0.05) is 20.1 Å². The number of carbonyl (C=O) groups is 1. The third-order valence-electron chi connectivity index (χ3n) is 4.42. The first-order valence-corrected chi connectivity index (χ1v) is 7.78. The van der Waals surface area contributed by atoms with Gasteiger partial charge >= 0.3 is 5.69 Å². The topological polar surface area (TPSA) is 63.4 Å². The molecule has 0 aliphatic carbocycles. The summed E-state index contributed by atoms with van der Waals surface area (Å²) in [5, 5.41) is 4.20.